The molecule has 0 spiro atoms. The van der Waals surface area contributed by atoms with Crippen molar-refractivity contribution in [2.45, 2.75) is 39.0 Å². The Hall–Kier alpha value is -2.30. The summed E-state index contributed by atoms with van der Waals surface area (Å²) >= 11 is 0. The quantitative estimate of drug-likeness (QED) is 0.691. The van der Waals surface area contributed by atoms with Gasteiger partial charge < -0.3 is 14.6 Å². The molecule has 4 heteroatoms. The molecule has 0 aromatic heterocycles. The van der Waals surface area contributed by atoms with Gasteiger partial charge in [0.1, 0.15) is 0 Å². The van der Waals surface area contributed by atoms with Gasteiger partial charge in [-0.2, -0.15) is 0 Å². The van der Waals surface area contributed by atoms with Crippen molar-refractivity contribution in [3.63, 3.8) is 0 Å². The Bertz CT molecular complexity index is 727. The predicted molar refractivity (Wildman–Crippen MR) is 103 cm³/mol. The molecule has 0 amide bonds. The van der Waals surface area contributed by atoms with Gasteiger partial charge in [0.2, 0.25) is 6.79 Å². The number of hydrogen-bond acceptors (Lipinski definition) is 4. The van der Waals surface area contributed by atoms with Gasteiger partial charge in [-0.15, -0.1) is 6.58 Å². The minimum absolute atomic E-state index is 0.284. The van der Waals surface area contributed by atoms with Gasteiger partial charge in [-0.1, -0.05) is 42.0 Å². The number of fused-ring (bicyclic) bond motifs is 1. The lowest BCUT2D eigenvalue weighted by atomic mass is 10.1. The average molecular weight is 353 g/mol. The number of aliphatic hydroxyl groups is 1. The first-order chi connectivity index (χ1) is 12.6. The highest BCUT2D eigenvalue weighted by Gasteiger charge is 2.16. The summed E-state index contributed by atoms with van der Waals surface area (Å²) in [6.07, 6.45) is 3.04. The van der Waals surface area contributed by atoms with Crippen LogP contribution >= 0.6 is 0 Å². The van der Waals surface area contributed by atoms with Crippen LogP contribution < -0.4 is 9.47 Å². The van der Waals surface area contributed by atoms with Crippen molar-refractivity contribution in [1.29, 1.82) is 0 Å². The molecule has 2 aromatic rings. The third kappa shape index (κ3) is 5.10. The second-order valence-electron chi connectivity index (χ2n) is 6.86. The van der Waals surface area contributed by atoms with E-state index in [2.05, 4.69) is 48.7 Å². The lowest BCUT2D eigenvalue weighted by molar-refractivity contribution is 0.0984. The van der Waals surface area contributed by atoms with Gasteiger partial charge in [-0.25, -0.2) is 0 Å². The maximum absolute atomic E-state index is 10.4. The van der Waals surface area contributed by atoms with Crippen molar-refractivity contribution < 1.29 is 14.6 Å². The smallest absolute Gasteiger partial charge is 0.231 e. The van der Waals surface area contributed by atoms with Crippen LogP contribution in [0.25, 0.3) is 0 Å². The van der Waals surface area contributed by atoms with Crippen LogP contribution in [0.3, 0.4) is 0 Å². The van der Waals surface area contributed by atoms with Gasteiger partial charge in [0.25, 0.3) is 0 Å². The van der Waals surface area contributed by atoms with Gasteiger partial charge in [-0.05, 0) is 43.0 Å². The topological polar surface area (TPSA) is 41.9 Å². The first-order valence-corrected chi connectivity index (χ1v) is 9.09. The van der Waals surface area contributed by atoms with Gasteiger partial charge in [0.15, 0.2) is 11.5 Å². The third-order valence-electron chi connectivity index (χ3n) is 4.54. The molecule has 1 aliphatic heterocycles. The summed E-state index contributed by atoms with van der Waals surface area (Å²) in [4.78, 5) is 2.27. The predicted octanol–water partition coefficient (Wildman–Crippen LogP) is 4.05. The molecular weight excluding hydrogens is 326 g/mol. The van der Waals surface area contributed by atoms with Crippen LogP contribution in [0.4, 0.5) is 0 Å². The Morgan fingerprint density at radius 1 is 1.08 bits per heavy atom. The summed E-state index contributed by atoms with van der Waals surface area (Å²) < 4.78 is 10.9. The van der Waals surface area contributed by atoms with E-state index in [-0.39, 0.29) is 12.9 Å². The van der Waals surface area contributed by atoms with E-state index in [0.29, 0.717) is 6.54 Å². The van der Waals surface area contributed by atoms with Gasteiger partial charge >= 0.3 is 0 Å². The van der Waals surface area contributed by atoms with E-state index in [4.69, 9.17) is 9.47 Å². The van der Waals surface area contributed by atoms with Crippen molar-refractivity contribution >= 4 is 0 Å². The average Bonchev–Trinajstić information content (AvgIpc) is 3.09. The highest BCUT2D eigenvalue weighted by atomic mass is 16.7. The summed E-state index contributed by atoms with van der Waals surface area (Å²) in [6, 6.07) is 14.6. The van der Waals surface area contributed by atoms with Gasteiger partial charge in [0, 0.05) is 19.6 Å². The standard InChI is InChI=1S/C22H27NO3/c1-3-4-5-20(24)15-23(13-18-8-6-17(2)7-9-18)14-19-10-11-21-22(12-19)26-16-25-21/h3,6-12,20,24H,1,4-5,13-16H2,2H3/t20-/m1/s1. The molecule has 0 bridgehead atoms. The van der Waals surface area contributed by atoms with Crippen LogP contribution in [0, 0.1) is 6.92 Å². The molecular formula is C22H27NO3. The largest absolute Gasteiger partial charge is 0.454 e. The molecule has 26 heavy (non-hydrogen) atoms. The van der Waals surface area contributed by atoms with Crippen molar-refractivity contribution in [3.05, 3.63) is 71.8 Å². The molecule has 0 fully saturated rings. The van der Waals surface area contributed by atoms with E-state index in [1.165, 1.54) is 11.1 Å². The third-order valence-corrected chi connectivity index (χ3v) is 4.54. The molecule has 1 aliphatic rings. The summed E-state index contributed by atoms with van der Waals surface area (Å²) in [7, 11) is 0. The zero-order valence-corrected chi connectivity index (χ0v) is 15.4. The molecule has 0 saturated heterocycles. The van der Waals surface area contributed by atoms with Crippen LogP contribution in [0.2, 0.25) is 0 Å². The second kappa shape index (κ2) is 8.88. The van der Waals surface area contributed by atoms with Crippen LogP contribution in [-0.4, -0.2) is 29.4 Å². The number of hydrogen-bond donors (Lipinski definition) is 1. The van der Waals surface area contributed by atoms with E-state index in [1.54, 1.807) is 0 Å². The number of nitrogens with zero attached hydrogens (tertiary/aromatic N) is 1. The second-order valence-corrected chi connectivity index (χ2v) is 6.86. The summed E-state index contributed by atoms with van der Waals surface area (Å²) in [6.45, 7) is 8.27. The minimum atomic E-state index is -0.368. The van der Waals surface area contributed by atoms with Gasteiger partial charge in [0.05, 0.1) is 6.10 Å². The Morgan fingerprint density at radius 3 is 2.54 bits per heavy atom. The van der Waals surface area contributed by atoms with E-state index in [9.17, 15) is 5.11 Å². The van der Waals surface area contributed by atoms with Crippen LogP contribution in [-0.2, 0) is 13.1 Å². The SMILES string of the molecule is C=CCC[C@@H](O)CN(Cc1ccc(C)cc1)Cc1ccc2c(c1)OCO2. The van der Waals surface area contributed by atoms with Gasteiger partial charge in [-0.3, -0.25) is 4.90 Å². The fourth-order valence-electron chi connectivity index (χ4n) is 3.13. The fraction of sp³-hybridized carbons (Fsp3) is 0.364. The number of benzene rings is 2. The van der Waals surface area contributed by atoms with Crippen molar-refractivity contribution in [1.82, 2.24) is 4.90 Å². The van der Waals surface area contributed by atoms with Crippen LogP contribution in [0.5, 0.6) is 11.5 Å². The first kappa shape index (κ1) is 18.5. The molecule has 0 aliphatic carbocycles. The Kier molecular flexibility index (Phi) is 6.31. The van der Waals surface area contributed by atoms with Crippen molar-refractivity contribution in [3.8, 4) is 11.5 Å². The van der Waals surface area contributed by atoms with Crippen molar-refractivity contribution in [2.24, 2.45) is 0 Å². The first-order valence-electron chi connectivity index (χ1n) is 9.09. The molecule has 1 atom stereocenters. The highest BCUT2D eigenvalue weighted by molar-refractivity contribution is 5.44. The molecule has 2 aromatic carbocycles. The van der Waals surface area contributed by atoms with Crippen LogP contribution in [0.15, 0.2) is 55.1 Å². The maximum atomic E-state index is 10.4. The maximum Gasteiger partial charge on any atom is 0.231 e. The van der Waals surface area contributed by atoms with E-state index < -0.39 is 0 Å². The number of rotatable bonds is 9. The minimum Gasteiger partial charge on any atom is -0.454 e. The number of ether oxygens (including phenoxy) is 2. The zero-order valence-electron chi connectivity index (χ0n) is 15.4. The molecule has 138 valence electrons. The number of allylic oxidation sites excluding steroid dienone is 1. The highest BCUT2D eigenvalue weighted by Crippen LogP contribution is 2.33. The molecule has 3 rings (SSSR count). The van der Waals surface area contributed by atoms with E-state index in [1.807, 2.05) is 18.2 Å². The van der Waals surface area contributed by atoms with E-state index in [0.717, 1.165) is 43.0 Å². The lowest BCUT2D eigenvalue weighted by Crippen LogP contribution is -2.31. The monoisotopic (exact) mass is 353 g/mol. The number of aliphatic hydroxyl groups excluding tert-OH is 1. The molecule has 0 radical (unpaired) electrons. The normalized spacial score (nSPS) is 13.8. The van der Waals surface area contributed by atoms with E-state index >= 15 is 0 Å². The molecule has 0 saturated carbocycles. The zero-order chi connectivity index (χ0) is 18.4. The fourth-order valence-corrected chi connectivity index (χ4v) is 3.13. The lowest BCUT2D eigenvalue weighted by Gasteiger charge is -2.25. The molecule has 0 unspecified atom stereocenters. The number of aryl methyl sites for hydroxylation is 1. The molecule has 1 heterocycles. The molecule has 1 N–H and O–H groups in total. The Labute approximate surface area is 155 Å². The summed E-state index contributed by atoms with van der Waals surface area (Å²) in [5.74, 6) is 1.59. The summed E-state index contributed by atoms with van der Waals surface area (Å²) in [5.41, 5.74) is 3.65. The Balaban J connectivity index is 1.70. The Morgan fingerprint density at radius 2 is 1.77 bits per heavy atom. The van der Waals surface area contributed by atoms with Crippen LogP contribution in [0.1, 0.15) is 29.5 Å². The summed E-state index contributed by atoms with van der Waals surface area (Å²) in [5, 5.41) is 10.4. The molecule has 4 nitrogen and oxygen atoms in total. The van der Waals surface area contributed by atoms with Crippen molar-refractivity contribution in [2.75, 3.05) is 13.3 Å².